The lowest BCUT2D eigenvalue weighted by Gasteiger charge is -2.09. The first-order chi connectivity index (χ1) is 14.6. The van der Waals surface area contributed by atoms with E-state index < -0.39 is 0 Å². The fraction of sp³-hybridized carbons (Fsp3) is 0.200. The largest absolute Gasteiger partial charge is 0.484 e. The summed E-state index contributed by atoms with van der Waals surface area (Å²) in [6.07, 6.45) is 1.74. The van der Waals surface area contributed by atoms with Gasteiger partial charge in [0, 0.05) is 17.8 Å². The lowest BCUT2D eigenvalue weighted by molar-refractivity contribution is -0.118. The number of nitrogens with one attached hydrogen (secondary N) is 2. The monoisotopic (exact) mass is 402 g/mol. The molecule has 5 nitrogen and oxygen atoms in total. The number of rotatable bonds is 9. The topological polar surface area (TPSA) is 67.4 Å². The van der Waals surface area contributed by atoms with Crippen molar-refractivity contribution in [3.05, 3.63) is 95.6 Å². The van der Waals surface area contributed by atoms with E-state index in [0.29, 0.717) is 17.9 Å². The second-order valence-corrected chi connectivity index (χ2v) is 6.90. The van der Waals surface area contributed by atoms with Crippen molar-refractivity contribution in [3.63, 3.8) is 0 Å². The molecule has 0 unspecified atom stereocenters. The highest BCUT2D eigenvalue weighted by atomic mass is 16.5. The Bertz CT molecular complexity index is 952. The molecule has 0 saturated carbocycles. The number of carbonyl (C=O) groups is 2. The molecule has 30 heavy (non-hydrogen) atoms. The van der Waals surface area contributed by atoms with Crippen LogP contribution in [-0.4, -0.2) is 25.0 Å². The maximum atomic E-state index is 12.2. The van der Waals surface area contributed by atoms with Crippen molar-refractivity contribution in [1.29, 1.82) is 0 Å². The van der Waals surface area contributed by atoms with Crippen molar-refractivity contribution in [2.75, 3.05) is 18.5 Å². The first-order valence-electron chi connectivity index (χ1n) is 10.1. The molecule has 0 fully saturated rings. The van der Waals surface area contributed by atoms with E-state index >= 15 is 0 Å². The highest BCUT2D eigenvalue weighted by Gasteiger charge is 2.07. The number of carbonyl (C=O) groups excluding carboxylic acids is 2. The van der Waals surface area contributed by atoms with E-state index in [0.717, 1.165) is 18.5 Å². The number of hydrogen-bond donors (Lipinski definition) is 2. The first kappa shape index (κ1) is 21.1. The summed E-state index contributed by atoms with van der Waals surface area (Å²) in [7, 11) is 0. The smallest absolute Gasteiger partial charge is 0.262 e. The summed E-state index contributed by atoms with van der Waals surface area (Å²) >= 11 is 0. The molecule has 154 valence electrons. The van der Waals surface area contributed by atoms with E-state index in [1.165, 1.54) is 11.1 Å². The van der Waals surface area contributed by atoms with Gasteiger partial charge in [-0.3, -0.25) is 9.59 Å². The molecule has 0 aromatic heterocycles. The van der Waals surface area contributed by atoms with Gasteiger partial charge in [0.2, 0.25) is 0 Å². The Kier molecular flexibility index (Phi) is 7.61. The highest BCUT2D eigenvalue weighted by molar-refractivity contribution is 5.94. The molecular formula is C25H26N2O3. The lowest BCUT2D eigenvalue weighted by atomic mass is 10.1. The average Bonchev–Trinajstić information content (AvgIpc) is 2.79. The standard InChI is InChI=1S/C25H26N2O3/c1-2-19-8-12-22(13-9-19)27-24(28)18-30-23-14-10-21(11-15-23)25(29)26-17-16-20-6-4-3-5-7-20/h3-15H,2,16-18H2,1H3,(H,26,29)(H,27,28). The Hall–Kier alpha value is -3.60. The molecule has 0 atom stereocenters. The minimum absolute atomic E-state index is 0.0991. The van der Waals surface area contributed by atoms with Crippen LogP contribution in [-0.2, 0) is 17.6 Å². The molecule has 3 aromatic rings. The third kappa shape index (κ3) is 6.48. The Morgan fingerprint density at radius 1 is 0.833 bits per heavy atom. The van der Waals surface area contributed by atoms with Crippen molar-refractivity contribution in [2.45, 2.75) is 19.8 Å². The van der Waals surface area contributed by atoms with Crippen LogP contribution in [0.4, 0.5) is 5.69 Å². The van der Waals surface area contributed by atoms with Crippen LogP contribution in [0.15, 0.2) is 78.9 Å². The van der Waals surface area contributed by atoms with Gasteiger partial charge in [0.25, 0.3) is 11.8 Å². The number of ether oxygens (including phenoxy) is 1. The summed E-state index contributed by atoms with van der Waals surface area (Å²) in [4.78, 5) is 24.3. The number of amides is 2. The summed E-state index contributed by atoms with van der Waals surface area (Å²) in [5, 5.41) is 5.71. The van der Waals surface area contributed by atoms with E-state index in [2.05, 4.69) is 17.6 Å². The van der Waals surface area contributed by atoms with E-state index in [1.807, 2.05) is 54.6 Å². The molecule has 0 saturated heterocycles. The Morgan fingerprint density at radius 3 is 2.20 bits per heavy atom. The van der Waals surface area contributed by atoms with Crippen molar-refractivity contribution in [2.24, 2.45) is 0 Å². The molecule has 2 N–H and O–H groups in total. The molecule has 0 bridgehead atoms. The number of benzene rings is 3. The summed E-state index contributed by atoms with van der Waals surface area (Å²) in [6.45, 7) is 2.56. The first-order valence-corrected chi connectivity index (χ1v) is 10.1. The fourth-order valence-electron chi connectivity index (χ4n) is 2.94. The van der Waals surface area contributed by atoms with Gasteiger partial charge in [-0.15, -0.1) is 0 Å². The zero-order chi connectivity index (χ0) is 21.2. The van der Waals surface area contributed by atoms with Crippen LogP contribution in [0.2, 0.25) is 0 Å². The molecular weight excluding hydrogens is 376 g/mol. The molecule has 0 heterocycles. The minimum Gasteiger partial charge on any atom is -0.484 e. The van der Waals surface area contributed by atoms with E-state index in [9.17, 15) is 9.59 Å². The van der Waals surface area contributed by atoms with Crippen LogP contribution in [0.1, 0.15) is 28.4 Å². The van der Waals surface area contributed by atoms with Crippen molar-refractivity contribution < 1.29 is 14.3 Å². The third-order valence-corrected chi connectivity index (χ3v) is 4.67. The van der Waals surface area contributed by atoms with Gasteiger partial charge in [0.05, 0.1) is 0 Å². The molecule has 0 aliphatic heterocycles. The lowest BCUT2D eigenvalue weighted by Crippen LogP contribution is -2.25. The van der Waals surface area contributed by atoms with Gasteiger partial charge >= 0.3 is 0 Å². The van der Waals surface area contributed by atoms with E-state index in [4.69, 9.17) is 4.74 Å². The van der Waals surface area contributed by atoms with Gasteiger partial charge < -0.3 is 15.4 Å². The Balaban J connectivity index is 1.42. The SMILES string of the molecule is CCc1ccc(NC(=O)COc2ccc(C(=O)NCCc3ccccc3)cc2)cc1. The van der Waals surface area contributed by atoms with Gasteiger partial charge in [0.1, 0.15) is 5.75 Å². The molecule has 0 aliphatic carbocycles. The van der Waals surface area contributed by atoms with Gasteiger partial charge in [-0.1, -0.05) is 49.4 Å². The fourth-order valence-corrected chi connectivity index (χ4v) is 2.94. The maximum Gasteiger partial charge on any atom is 0.262 e. The van der Waals surface area contributed by atoms with Crippen LogP contribution in [0.5, 0.6) is 5.75 Å². The third-order valence-electron chi connectivity index (χ3n) is 4.67. The predicted molar refractivity (Wildman–Crippen MR) is 119 cm³/mol. The van der Waals surface area contributed by atoms with Crippen LogP contribution >= 0.6 is 0 Å². The van der Waals surface area contributed by atoms with Gasteiger partial charge in [0.15, 0.2) is 6.61 Å². The molecule has 0 spiro atoms. The van der Waals surface area contributed by atoms with Crippen molar-refractivity contribution >= 4 is 17.5 Å². The zero-order valence-corrected chi connectivity index (χ0v) is 17.1. The average molecular weight is 402 g/mol. The predicted octanol–water partition coefficient (Wildman–Crippen LogP) is 4.24. The van der Waals surface area contributed by atoms with Gasteiger partial charge in [-0.25, -0.2) is 0 Å². The normalized spacial score (nSPS) is 10.3. The van der Waals surface area contributed by atoms with E-state index in [1.54, 1.807) is 24.3 Å². The van der Waals surface area contributed by atoms with Crippen molar-refractivity contribution in [3.8, 4) is 5.75 Å². The summed E-state index contributed by atoms with van der Waals surface area (Å²) in [6, 6.07) is 24.5. The summed E-state index contributed by atoms with van der Waals surface area (Å²) in [5.74, 6) is 0.167. The van der Waals surface area contributed by atoms with E-state index in [-0.39, 0.29) is 18.4 Å². The van der Waals surface area contributed by atoms with Gasteiger partial charge in [-0.2, -0.15) is 0 Å². The number of aryl methyl sites for hydroxylation is 1. The molecule has 5 heteroatoms. The molecule has 0 aliphatic rings. The van der Waals surface area contributed by atoms with Crippen LogP contribution in [0, 0.1) is 0 Å². The molecule has 2 amide bonds. The van der Waals surface area contributed by atoms with Crippen LogP contribution in [0.25, 0.3) is 0 Å². The number of anilines is 1. The number of hydrogen-bond acceptors (Lipinski definition) is 3. The summed E-state index contributed by atoms with van der Waals surface area (Å²) in [5.41, 5.74) is 3.69. The molecule has 3 rings (SSSR count). The molecule has 0 radical (unpaired) electrons. The quantitative estimate of drug-likeness (QED) is 0.563. The van der Waals surface area contributed by atoms with Crippen LogP contribution in [0.3, 0.4) is 0 Å². The summed E-state index contributed by atoms with van der Waals surface area (Å²) < 4.78 is 5.51. The Labute approximate surface area is 177 Å². The second-order valence-electron chi connectivity index (χ2n) is 6.90. The van der Waals surface area contributed by atoms with Gasteiger partial charge in [-0.05, 0) is 60.4 Å². The Morgan fingerprint density at radius 2 is 1.53 bits per heavy atom. The maximum absolute atomic E-state index is 12.2. The highest BCUT2D eigenvalue weighted by Crippen LogP contribution is 2.13. The van der Waals surface area contributed by atoms with Crippen molar-refractivity contribution in [1.82, 2.24) is 5.32 Å². The minimum atomic E-state index is -0.234. The zero-order valence-electron chi connectivity index (χ0n) is 17.1. The van der Waals surface area contributed by atoms with Crippen LogP contribution < -0.4 is 15.4 Å². The second kappa shape index (κ2) is 10.8. The molecule has 3 aromatic carbocycles.